The first-order valence-corrected chi connectivity index (χ1v) is 13.2. The molecule has 5 nitrogen and oxygen atoms in total. The third-order valence-electron chi connectivity index (χ3n) is 7.52. The molecule has 0 spiro atoms. The van der Waals surface area contributed by atoms with Crippen LogP contribution in [-0.4, -0.2) is 49.3 Å². The first kappa shape index (κ1) is 23.4. The minimum atomic E-state index is -0.00286. The molecule has 2 fully saturated rings. The van der Waals surface area contributed by atoms with Crippen LogP contribution in [0.5, 0.6) is 5.75 Å². The zero-order valence-electron chi connectivity index (χ0n) is 20.3. The summed E-state index contributed by atoms with van der Waals surface area (Å²) in [7, 11) is 0. The van der Waals surface area contributed by atoms with Crippen molar-refractivity contribution in [3.8, 4) is 5.75 Å². The molecule has 2 aliphatic heterocycles. The summed E-state index contributed by atoms with van der Waals surface area (Å²) in [6, 6.07) is 14.7. The van der Waals surface area contributed by atoms with Crippen molar-refractivity contribution in [1.29, 1.82) is 0 Å². The number of aryl methyl sites for hydroxylation is 1. The van der Waals surface area contributed by atoms with Crippen molar-refractivity contribution in [2.45, 2.75) is 76.5 Å². The van der Waals surface area contributed by atoms with Gasteiger partial charge in [-0.3, -0.25) is 9.69 Å². The Bertz CT molecular complexity index is 944. The maximum Gasteiger partial charge on any atom is 0.251 e. The summed E-state index contributed by atoms with van der Waals surface area (Å²) < 4.78 is 11.4. The van der Waals surface area contributed by atoms with Crippen molar-refractivity contribution in [3.05, 3.63) is 64.7 Å². The lowest BCUT2D eigenvalue weighted by molar-refractivity contribution is 0.0679. The molecule has 5 rings (SSSR count). The van der Waals surface area contributed by atoms with Gasteiger partial charge in [-0.2, -0.15) is 0 Å². The predicted molar refractivity (Wildman–Crippen MR) is 134 cm³/mol. The van der Waals surface area contributed by atoms with Crippen LogP contribution in [-0.2, 0) is 24.1 Å². The van der Waals surface area contributed by atoms with E-state index in [1.54, 1.807) is 0 Å². The zero-order chi connectivity index (χ0) is 23.2. The Morgan fingerprint density at radius 2 is 1.79 bits per heavy atom. The van der Waals surface area contributed by atoms with Crippen LogP contribution in [0.4, 0.5) is 0 Å². The Morgan fingerprint density at radius 3 is 2.56 bits per heavy atom. The zero-order valence-corrected chi connectivity index (χ0v) is 20.3. The lowest BCUT2D eigenvalue weighted by Gasteiger charge is -2.27. The number of hydrogen-bond donors (Lipinski definition) is 1. The second-order valence-corrected chi connectivity index (χ2v) is 10.2. The van der Waals surface area contributed by atoms with Crippen LogP contribution in [0.1, 0.15) is 72.0 Å². The number of rotatable bonds is 7. The molecule has 3 aliphatic rings. The molecule has 1 aliphatic carbocycles. The van der Waals surface area contributed by atoms with Crippen LogP contribution >= 0.6 is 0 Å². The fourth-order valence-corrected chi connectivity index (χ4v) is 5.52. The second-order valence-electron chi connectivity index (χ2n) is 10.2. The molecular weight excluding hydrogens is 424 g/mol. The molecule has 0 radical (unpaired) electrons. The van der Waals surface area contributed by atoms with E-state index >= 15 is 0 Å². The Hall–Kier alpha value is -2.37. The van der Waals surface area contributed by atoms with Gasteiger partial charge in [0.25, 0.3) is 5.91 Å². The summed E-state index contributed by atoms with van der Waals surface area (Å²) >= 11 is 0. The number of amides is 1. The molecule has 2 heterocycles. The van der Waals surface area contributed by atoms with E-state index in [1.165, 1.54) is 55.5 Å². The number of nitrogens with one attached hydrogen (secondary N) is 1. The molecule has 2 saturated heterocycles. The highest BCUT2D eigenvalue weighted by atomic mass is 16.5. The van der Waals surface area contributed by atoms with Crippen LogP contribution < -0.4 is 10.1 Å². The lowest BCUT2D eigenvalue weighted by atomic mass is 9.87. The highest BCUT2D eigenvalue weighted by Crippen LogP contribution is 2.25. The van der Waals surface area contributed by atoms with Gasteiger partial charge in [-0.1, -0.05) is 31.0 Å². The molecule has 2 aromatic rings. The third kappa shape index (κ3) is 6.19. The number of fused-ring (bicyclic) bond motifs is 1. The number of carbonyl (C=O) groups excluding carboxylic acids is 1. The molecule has 0 saturated carbocycles. The Balaban J connectivity index is 1.12. The van der Waals surface area contributed by atoms with Gasteiger partial charge in [-0.05, 0) is 99.0 Å². The summed E-state index contributed by atoms with van der Waals surface area (Å²) in [5.41, 5.74) is 4.97. The first-order chi connectivity index (χ1) is 16.7. The fraction of sp³-hybridized carbons (Fsp3) is 0.552. The number of likely N-dealkylation sites (tertiary alicyclic amines) is 1. The quantitative estimate of drug-likeness (QED) is 0.635. The van der Waals surface area contributed by atoms with Crippen molar-refractivity contribution < 1.29 is 14.3 Å². The molecule has 1 N–H and O–H groups in total. The highest BCUT2D eigenvalue weighted by Gasteiger charge is 2.22. The Morgan fingerprint density at radius 1 is 0.971 bits per heavy atom. The van der Waals surface area contributed by atoms with Gasteiger partial charge in [0.1, 0.15) is 12.4 Å². The highest BCUT2D eigenvalue weighted by molar-refractivity contribution is 5.94. The summed E-state index contributed by atoms with van der Waals surface area (Å²) in [5.74, 6) is 0.784. The van der Waals surface area contributed by atoms with Gasteiger partial charge < -0.3 is 14.8 Å². The summed E-state index contributed by atoms with van der Waals surface area (Å²) in [6.07, 6.45) is 10.7. The molecule has 0 bridgehead atoms. The van der Waals surface area contributed by atoms with Crippen LogP contribution in [0.2, 0.25) is 0 Å². The maximum atomic E-state index is 12.8. The fourth-order valence-electron chi connectivity index (χ4n) is 5.52. The normalized spacial score (nSPS) is 23.2. The van der Waals surface area contributed by atoms with Crippen molar-refractivity contribution in [2.75, 3.05) is 26.3 Å². The van der Waals surface area contributed by atoms with Crippen molar-refractivity contribution in [3.63, 3.8) is 0 Å². The van der Waals surface area contributed by atoms with E-state index in [9.17, 15) is 4.79 Å². The molecule has 2 atom stereocenters. The first-order valence-electron chi connectivity index (χ1n) is 13.2. The number of hydrogen-bond acceptors (Lipinski definition) is 4. The number of benzene rings is 2. The van der Waals surface area contributed by atoms with Crippen LogP contribution in [0.15, 0.2) is 42.5 Å². The molecule has 0 unspecified atom stereocenters. The number of ether oxygens (including phenoxy) is 2. The van der Waals surface area contributed by atoms with E-state index in [4.69, 9.17) is 9.47 Å². The Kier molecular flexibility index (Phi) is 7.82. The lowest BCUT2D eigenvalue weighted by Crippen LogP contribution is -2.38. The maximum absolute atomic E-state index is 12.8. The third-order valence-corrected chi connectivity index (χ3v) is 7.52. The van der Waals surface area contributed by atoms with Crippen LogP contribution in [0.25, 0.3) is 0 Å². The molecule has 182 valence electrons. The van der Waals surface area contributed by atoms with Crippen LogP contribution in [0.3, 0.4) is 0 Å². The van der Waals surface area contributed by atoms with E-state index in [0.717, 1.165) is 51.0 Å². The van der Waals surface area contributed by atoms with E-state index in [-0.39, 0.29) is 18.1 Å². The van der Waals surface area contributed by atoms with Gasteiger partial charge in [-0.15, -0.1) is 0 Å². The van der Waals surface area contributed by atoms with Crippen molar-refractivity contribution in [1.82, 2.24) is 10.2 Å². The SMILES string of the molecule is O=C(N[C@H]1CCc2cc(CN3CCCCCC3)ccc2C1)c1ccc(OC[C@H]2CCCO2)cc1. The molecule has 1 amide bonds. The average Bonchev–Trinajstić information content (AvgIpc) is 3.26. The van der Waals surface area contributed by atoms with Gasteiger partial charge in [-0.25, -0.2) is 0 Å². The van der Waals surface area contributed by atoms with Gasteiger partial charge in [0.05, 0.1) is 6.10 Å². The Labute approximate surface area is 203 Å². The van der Waals surface area contributed by atoms with Gasteiger partial charge >= 0.3 is 0 Å². The second kappa shape index (κ2) is 11.4. The predicted octanol–water partition coefficient (Wildman–Crippen LogP) is 4.91. The van der Waals surface area contributed by atoms with Crippen LogP contribution in [0, 0.1) is 0 Å². The van der Waals surface area contributed by atoms with Crippen molar-refractivity contribution in [2.24, 2.45) is 0 Å². The molecule has 0 aromatic heterocycles. The van der Waals surface area contributed by atoms with E-state index in [1.807, 2.05) is 24.3 Å². The summed E-state index contributed by atoms with van der Waals surface area (Å²) in [5, 5.41) is 3.25. The summed E-state index contributed by atoms with van der Waals surface area (Å²) in [4.78, 5) is 15.4. The monoisotopic (exact) mass is 462 g/mol. The van der Waals surface area contributed by atoms with Gasteiger partial charge in [0.2, 0.25) is 0 Å². The smallest absolute Gasteiger partial charge is 0.251 e. The van der Waals surface area contributed by atoms with E-state index in [0.29, 0.717) is 12.2 Å². The largest absolute Gasteiger partial charge is 0.491 e. The van der Waals surface area contributed by atoms with Gasteiger partial charge in [0.15, 0.2) is 0 Å². The number of carbonyl (C=O) groups is 1. The minimum Gasteiger partial charge on any atom is -0.491 e. The van der Waals surface area contributed by atoms with E-state index in [2.05, 4.69) is 28.4 Å². The minimum absolute atomic E-state index is 0.00286. The van der Waals surface area contributed by atoms with E-state index < -0.39 is 0 Å². The molecule has 2 aromatic carbocycles. The summed E-state index contributed by atoms with van der Waals surface area (Å²) in [6.45, 7) is 4.94. The molecular formula is C29H38N2O3. The van der Waals surface area contributed by atoms with Crippen molar-refractivity contribution >= 4 is 5.91 Å². The topological polar surface area (TPSA) is 50.8 Å². The average molecular weight is 463 g/mol. The molecule has 34 heavy (non-hydrogen) atoms. The number of nitrogens with zero attached hydrogens (tertiary/aromatic N) is 1. The molecule has 5 heteroatoms. The van der Waals surface area contributed by atoms with Gasteiger partial charge in [0, 0.05) is 24.8 Å². The standard InChI is InChI=1S/C29H38N2O3/c32-29(23-10-13-27(14-11-23)34-21-28-6-5-17-33-28)30-26-12-9-24-18-22(7-8-25(24)19-26)20-31-15-3-1-2-4-16-31/h7-8,10-11,13-14,18,26,28H,1-6,9,12,15-17,19-21H2,(H,30,32)/t26-,28+/m0/s1.